The molecule has 4 heteroatoms. The topological polar surface area (TPSA) is 40.6 Å². The first-order valence-corrected chi connectivity index (χ1v) is 8.97. The molecule has 0 saturated carbocycles. The zero-order chi connectivity index (χ0) is 18.8. The number of hydrogen-bond donors (Lipinski definition) is 0. The quantitative estimate of drug-likeness (QED) is 0.666. The van der Waals surface area contributed by atoms with Crippen molar-refractivity contribution in [3.05, 3.63) is 95.6 Å². The Morgan fingerprint density at radius 2 is 1.33 bits per heavy atom. The first-order chi connectivity index (χ1) is 13.1. The van der Waals surface area contributed by atoms with Crippen LogP contribution in [-0.4, -0.2) is 31.8 Å². The number of carbonyl (C=O) groups excluding carboxylic acids is 2. The van der Waals surface area contributed by atoms with Crippen LogP contribution in [0, 0.1) is 0 Å². The Kier molecular flexibility index (Phi) is 4.47. The summed E-state index contributed by atoms with van der Waals surface area (Å²) in [5.41, 5.74) is 3.60. The second-order valence-corrected chi connectivity index (χ2v) is 6.64. The summed E-state index contributed by atoms with van der Waals surface area (Å²) in [6.07, 6.45) is 0. The van der Waals surface area contributed by atoms with Crippen molar-refractivity contribution in [1.29, 1.82) is 0 Å². The van der Waals surface area contributed by atoms with Crippen molar-refractivity contribution in [2.45, 2.75) is 0 Å². The highest BCUT2D eigenvalue weighted by Crippen LogP contribution is 2.32. The SMILES string of the molecule is CN1CCN(C(=O)c2cccc(C(=O)c3ccccc3)c2)c2ccccc21. The van der Waals surface area contributed by atoms with Crippen molar-refractivity contribution in [3.63, 3.8) is 0 Å². The number of para-hydroxylation sites is 2. The maximum Gasteiger partial charge on any atom is 0.258 e. The van der Waals surface area contributed by atoms with Crippen molar-refractivity contribution in [2.75, 3.05) is 29.9 Å². The highest BCUT2D eigenvalue weighted by atomic mass is 16.2. The van der Waals surface area contributed by atoms with E-state index < -0.39 is 0 Å². The molecule has 1 heterocycles. The fourth-order valence-corrected chi connectivity index (χ4v) is 3.42. The predicted octanol–water partition coefficient (Wildman–Crippen LogP) is 4.01. The zero-order valence-electron chi connectivity index (χ0n) is 15.1. The van der Waals surface area contributed by atoms with E-state index in [0.717, 1.165) is 17.9 Å². The number of nitrogens with zero attached hydrogens (tertiary/aromatic N) is 2. The number of rotatable bonds is 3. The second-order valence-electron chi connectivity index (χ2n) is 6.64. The summed E-state index contributed by atoms with van der Waals surface area (Å²) in [4.78, 5) is 29.8. The molecule has 0 radical (unpaired) electrons. The van der Waals surface area contributed by atoms with Crippen LogP contribution in [0.3, 0.4) is 0 Å². The van der Waals surface area contributed by atoms with Gasteiger partial charge in [-0.25, -0.2) is 0 Å². The van der Waals surface area contributed by atoms with Gasteiger partial charge in [0, 0.05) is 36.8 Å². The smallest absolute Gasteiger partial charge is 0.258 e. The van der Waals surface area contributed by atoms with E-state index in [-0.39, 0.29) is 11.7 Å². The van der Waals surface area contributed by atoms with E-state index in [0.29, 0.717) is 23.2 Å². The lowest BCUT2D eigenvalue weighted by Crippen LogP contribution is -2.42. The van der Waals surface area contributed by atoms with Gasteiger partial charge in [0.05, 0.1) is 11.4 Å². The van der Waals surface area contributed by atoms with Gasteiger partial charge in [0.25, 0.3) is 5.91 Å². The number of fused-ring (bicyclic) bond motifs is 1. The van der Waals surface area contributed by atoms with Crippen LogP contribution in [-0.2, 0) is 0 Å². The van der Waals surface area contributed by atoms with Crippen LogP contribution < -0.4 is 9.80 Å². The first kappa shape index (κ1) is 17.0. The van der Waals surface area contributed by atoms with Gasteiger partial charge in [0.2, 0.25) is 0 Å². The third-order valence-corrected chi connectivity index (χ3v) is 4.90. The number of hydrogen-bond acceptors (Lipinski definition) is 3. The van der Waals surface area contributed by atoms with Gasteiger partial charge in [-0.15, -0.1) is 0 Å². The highest BCUT2D eigenvalue weighted by molar-refractivity contribution is 6.12. The summed E-state index contributed by atoms with van der Waals surface area (Å²) in [5.74, 6) is -0.165. The Bertz CT molecular complexity index is 998. The van der Waals surface area contributed by atoms with Crippen LogP contribution in [0.2, 0.25) is 0 Å². The zero-order valence-corrected chi connectivity index (χ0v) is 15.1. The van der Waals surface area contributed by atoms with E-state index >= 15 is 0 Å². The molecule has 3 aromatic carbocycles. The number of ketones is 1. The molecule has 0 aromatic heterocycles. The average molecular weight is 356 g/mol. The van der Waals surface area contributed by atoms with E-state index in [1.54, 1.807) is 41.3 Å². The number of likely N-dealkylation sites (N-methyl/N-ethyl adjacent to an activating group) is 1. The van der Waals surface area contributed by atoms with Crippen molar-refractivity contribution in [3.8, 4) is 0 Å². The molecule has 4 nitrogen and oxygen atoms in total. The van der Waals surface area contributed by atoms with Gasteiger partial charge < -0.3 is 9.80 Å². The van der Waals surface area contributed by atoms with Gasteiger partial charge >= 0.3 is 0 Å². The summed E-state index contributed by atoms with van der Waals surface area (Å²) in [6, 6.07) is 24.0. The fourth-order valence-electron chi connectivity index (χ4n) is 3.42. The summed E-state index contributed by atoms with van der Waals surface area (Å²) in [7, 11) is 2.03. The molecule has 0 fully saturated rings. The summed E-state index contributed by atoms with van der Waals surface area (Å²) in [6.45, 7) is 1.38. The third kappa shape index (κ3) is 3.22. The molecule has 134 valence electrons. The second kappa shape index (κ2) is 7.08. The van der Waals surface area contributed by atoms with Crippen molar-refractivity contribution < 1.29 is 9.59 Å². The fraction of sp³-hybridized carbons (Fsp3) is 0.130. The minimum absolute atomic E-state index is 0.0796. The van der Waals surface area contributed by atoms with E-state index in [1.165, 1.54) is 0 Å². The van der Waals surface area contributed by atoms with Crippen molar-refractivity contribution in [1.82, 2.24) is 0 Å². The number of carbonyl (C=O) groups is 2. The molecule has 1 aliphatic rings. The van der Waals surface area contributed by atoms with Gasteiger partial charge in [0.1, 0.15) is 0 Å². The van der Waals surface area contributed by atoms with E-state index in [9.17, 15) is 9.59 Å². The Hall–Kier alpha value is -3.40. The number of amides is 1. The average Bonchev–Trinajstić information content (AvgIpc) is 2.74. The molecule has 0 atom stereocenters. The molecule has 1 amide bonds. The lowest BCUT2D eigenvalue weighted by atomic mass is 10.0. The molecule has 3 aromatic rings. The highest BCUT2D eigenvalue weighted by Gasteiger charge is 2.26. The van der Waals surface area contributed by atoms with Crippen LogP contribution in [0.25, 0.3) is 0 Å². The molecule has 1 aliphatic heterocycles. The lowest BCUT2D eigenvalue weighted by Gasteiger charge is -2.35. The first-order valence-electron chi connectivity index (χ1n) is 8.97. The number of benzene rings is 3. The van der Waals surface area contributed by atoms with Gasteiger partial charge in [-0.2, -0.15) is 0 Å². The molecule has 0 spiro atoms. The van der Waals surface area contributed by atoms with Gasteiger partial charge in [-0.05, 0) is 24.3 Å². The van der Waals surface area contributed by atoms with Crippen LogP contribution in [0.4, 0.5) is 11.4 Å². The predicted molar refractivity (Wildman–Crippen MR) is 108 cm³/mol. The maximum atomic E-state index is 13.2. The maximum absolute atomic E-state index is 13.2. The van der Waals surface area contributed by atoms with Crippen molar-refractivity contribution in [2.24, 2.45) is 0 Å². The minimum atomic E-state index is -0.0849. The largest absolute Gasteiger partial charge is 0.371 e. The standard InChI is InChI=1S/C23H20N2O2/c1-24-14-15-25(21-13-6-5-12-20(21)24)23(27)19-11-7-10-18(16-19)22(26)17-8-3-2-4-9-17/h2-13,16H,14-15H2,1H3. The molecule has 0 aliphatic carbocycles. The third-order valence-electron chi connectivity index (χ3n) is 4.90. The van der Waals surface area contributed by atoms with Crippen LogP contribution in [0.5, 0.6) is 0 Å². The summed E-state index contributed by atoms with van der Waals surface area (Å²) in [5, 5.41) is 0. The normalized spacial score (nSPS) is 13.2. The van der Waals surface area contributed by atoms with Crippen LogP contribution in [0.1, 0.15) is 26.3 Å². The minimum Gasteiger partial charge on any atom is -0.371 e. The van der Waals surface area contributed by atoms with Gasteiger partial charge in [-0.1, -0.05) is 54.6 Å². The molecule has 27 heavy (non-hydrogen) atoms. The van der Waals surface area contributed by atoms with E-state index in [4.69, 9.17) is 0 Å². The summed E-state index contributed by atoms with van der Waals surface area (Å²) < 4.78 is 0. The van der Waals surface area contributed by atoms with Crippen LogP contribution >= 0.6 is 0 Å². The Morgan fingerprint density at radius 1 is 0.704 bits per heavy atom. The number of anilines is 2. The van der Waals surface area contributed by atoms with Gasteiger partial charge in [-0.3, -0.25) is 9.59 Å². The Balaban J connectivity index is 1.66. The molecule has 4 rings (SSSR count). The van der Waals surface area contributed by atoms with Crippen LogP contribution in [0.15, 0.2) is 78.9 Å². The van der Waals surface area contributed by atoms with E-state index in [2.05, 4.69) is 4.90 Å². The van der Waals surface area contributed by atoms with Gasteiger partial charge in [0.15, 0.2) is 5.78 Å². The Labute approximate surface area is 158 Å². The molecule has 0 bridgehead atoms. The Morgan fingerprint density at radius 3 is 2.11 bits per heavy atom. The monoisotopic (exact) mass is 356 g/mol. The molecular weight excluding hydrogens is 336 g/mol. The molecule has 0 saturated heterocycles. The molecular formula is C23H20N2O2. The molecule has 0 N–H and O–H groups in total. The van der Waals surface area contributed by atoms with E-state index in [1.807, 2.05) is 49.5 Å². The van der Waals surface area contributed by atoms with Crippen molar-refractivity contribution >= 4 is 23.1 Å². The summed E-state index contributed by atoms with van der Waals surface area (Å²) >= 11 is 0. The molecule has 0 unspecified atom stereocenters. The lowest BCUT2D eigenvalue weighted by molar-refractivity contribution is 0.0986.